The first-order valence-electron chi connectivity index (χ1n) is 6.11. The fourth-order valence-corrected chi connectivity index (χ4v) is 1.64. The third kappa shape index (κ3) is 4.35. The molecule has 0 bridgehead atoms. The minimum atomic E-state index is -0.291. The molecule has 0 aliphatic carbocycles. The molecular weight excluding hydrogens is 198 g/mol. The van der Waals surface area contributed by atoms with Crippen molar-refractivity contribution >= 4 is 6.29 Å². The zero-order valence-corrected chi connectivity index (χ0v) is 11.3. The first-order valence-corrected chi connectivity index (χ1v) is 6.11. The van der Waals surface area contributed by atoms with Gasteiger partial charge in [0, 0.05) is 6.42 Å². The first kappa shape index (κ1) is 15.2. The van der Waals surface area contributed by atoms with Crippen LogP contribution in [0.1, 0.15) is 60.3 Å². The summed E-state index contributed by atoms with van der Waals surface area (Å²) < 4.78 is 0. The van der Waals surface area contributed by atoms with Crippen molar-refractivity contribution in [3.8, 4) is 6.07 Å². The molecule has 16 heavy (non-hydrogen) atoms. The lowest BCUT2D eigenvalue weighted by Gasteiger charge is -2.36. The van der Waals surface area contributed by atoms with Gasteiger partial charge in [0.25, 0.3) is 0 Å². The molecule has 2 heteroatoms. The van der Waals surface area contributed by atoms with Crippen LogP contribution in [0.3, 0.4) is 0 Å². The van der Waals surface area contributed by atoms with E-state index in [2.05, 4.69) is 26.8 Å². The molecule has 0 rings (SSSR count). The number of rotatable bonds is 7. The molecule has 1 atom stereocenters. The molecule has 0 aromatic heterocycles. The first-order chi connectivity index (χ1) is 7.27. The molecule has 0 aromatic carbocycles. The van der Waals surface area contributed by atoms with Gasteiger partial charge in [0.05, 0.1) is 11.5 Å². The van der Waals surface area contributed by atoms with Crippen LogP contribution in [0.15, 0.2) is 0 Å². The lowest BCUT2D eigenvalue weighted by molar-refractivity contribution is -0.108. The number of carbonyl (C=O) groups excluding carboxylic acids is 1. The van der Waals surface area contributed by atoms with E-state index in [4.69, 9.17) is 5.26 Å². The van der Waals surface area contributed by atoms with Crippen molar-refractivity contribution in [3.63, 3.8) is 0 Å². The van der Waals surface area contributed by atoms with Gasteiger partial charge in [0.2, 0.25) is 0 Å². The molecule has 0 heterocycles. The molecule has 0 saturated heterocycles. The Labute approximate surface area is 100 Å². The van der Waals surface area contributed by atoms with E-state index in [9.17, 15) is 4.79 Å². The van der Waals surface area contributed by atoms with Gasteiger partial charge in [0.15, 0.2) is 0 Å². The normalized spacial score (nSPS) is 14.2. The van der Waals surface area contributed by atoms with Crippen molar-refractivity contribution < 1.29 is 4.79 Å². The quantitative estimate of drug-likeness (QED) is 0.613. The smallest absolute Gasteiger partial charge is 0.120 e. The van der Waals surface area contributed by atoms with Gasteiger partial charge in [-0.2, -0.15) is 5.26 Å². The second kappa shape index (κ2) is 6.03. The highest BCUT2D eigenvalue weighted by atomic mass is 16.1. The molecule has 0 aliphatic heterocycles. The number of hydrogen-bond acceptors (Lipinski definition) is 2. The second-order valence-corrected chi connectivity index (χ2v) is 6.02. The van der Waals surface area contributed by atoms with Gasteiger partial charge in [-0.25, -0.2) is 0 Å². The zero-order chi connectivity index (χ0) is 12.8. The highest BCUT2D eigenvalue weighted by Gasteiger charge is 2.36. The topological polar surface area (TPSA) is 40.9 Å². The fraction of sp³-hybridized carbons (Fsp3) is 0.857. The lowest BCUT2D eigenvalue weighted by atomic mass is 9.66. The summed E-state index contributed by atoms with van der Waals surface area (Å²) in [7, 11) is 0. The lowest BCUT2D eigenvalue weighted by Crippen LogP contribution is -2.31. The van der Waals surface area contributed by atoms with E-state index < -0.39 is 0 Å². The molecule has 0 N–H and O–H groups in total. The van der Waals surface area contributed by atoms with Crippen LogP contribution in [-0.2, 0) is 4.79 Å². The van der Waals surface area contributed by atoms with E-state index in [1.165, 1.54) is 0 Å². The number of aldehydes is 1. The molecule has 2 nitrogen and oxygen atoms in total. The summed E-state index contributed by atoms with van der Waals surface area (Å²) in [5, 5.41) is 9.13. The third-order valence-corrected chi connectivity index (χ3v) is 3.97. The average molecular weight is 223 g/mol. The largest absolute Gasteiger partial charge is 0.303 e. The monoisotopic (exact) mass is 223 g/mol. The van der Waals surface area contributed by atoms with Crippen molar-refractivity contribution in [2.75, 3.05) is 0 Å². The predicted octanol–water partition coefficient (Wildman–Crippen LogP) is 3.96. The van der Waals surface area contributed by atoms with Gasteiger partial charge < -0.3 is 4.79 Å². The van der Waals surface area contributed by atoms with Crippen LogP contribution in [-0.4, -0.2) is 6.29 Å². The Morgan fingerprint density at radius 1 is 1.31 bits per heavy atom. The molecule has 0 aliphatic rings. The molecule has 1 unspecified atom stereocenters. The summed E-state index contributed by atoms with van der Waals surface area (Å²) in [4.78, 5) is 10.3. The van der Waals surface area contributed by atoms with Crippen LogP contribution in [0, 0.1) is 28.1 Å². The van der Waals surface area contributed by atoms with E-state index in [1.54, 1.807) is 0 Å². The molecule has 0 radical (unpaired) electrons. The summed E-state index contributed by atoms with van der Waals surface area (Å²) in [5.74, 6) is 0.471. The van der Waals surface area contributed by atoms with Gasteiger partial charge in [-0.3, -0.25) is 0 Å². The van der Waals surface area contributed by atoms with Gasteiger partial charge in [0.1, 0.15) is 6.29 Å². The molecule has 0 spiro atoms. The number of nitrogens with zero attached hydrogens (tertiary/aromatic N) is 1. The highest BCUT2D eigenvalue weighted by molar-refractivity contribution is 5.49. The maximum Gasteiger partial charge on any atom is 0.120 e. The Morgan fingerprint density at radius 2 is 1.88 bits per heavy atom. The van der Waals surface area contributed by atoms with Crippen LogP contribution in [0.5, 0.6) is 0 Å². The van der Waals surface area contributed by atoms with Crippen LogP contribution in [0.4, 0.5) is 0 Å². The number of hydrogen-bond donors (Lipinski definition) is 0. The van der Waals surface area contributed by atoms with Crippen molar-refractivity contribution in [1.29, 1.82) is 5.26 Å². The van der Waals surface area contributed by atoms with Gasteiger partial charge in [-0.05, 0) is 31.6 Å². The van der Waals surface area contributed by atoms with Crippen molar-refractivity contribution in [3.05, 3.63) is 0 Å². The van der Waals surface area contributed by atoms with Crippen molar-refractivity contribution in [2.45, 2.75) is 60.3 Å². The average Bonchev–Trinajstić information content (AvgIpc) is 2.17. The molecular formula is C14H25NO. The Bertz CT molecular complexity index is 260. The molecule has 0 fully saturated rings. The van der Waals surface area contributed by atoms with Crippen LogP contribution >= 0.6 is 0 Å². The van der Waals surface area contributed by atoms with Crippen LogP contribution in [0.2, 0.25) is 0 Å². The van der Waals surface area contributed by atoms with Gasteiger partial charge in [-0.15, -0.1) is 0 Å². The molecule has 0 saturated carbocycles. The van der Waals surface area contributed by atoms with E-state index in [1.807, 2.05) is 13.8 Å². The van der Waals surface area contributed by atoms with E-state index in [0.29, 0.717) is 12.3 Å². The summed E-state index contributed by atoms with van der Waals surface area (Å²) in [6, 6.07) is 2.39. The second-order valence-electron chi connectivity index (χ2n) is 6.02. The zero-order valence-electron chi connectivity index (χ0n) is 11.3. The standard InChI is InChI=1S/C14H25NO/c1-12(8-10-16)7-6-9-13(2,3)14(4,5)11-15/h10,12H,6-9H2,1-5H3. The third-order valence-electron chi connectivity index (χ3n) is 3.97. The minimum absolute atomic E-state index is 0.0304. The maximum absolute atomic E-state index is 10.3. The van der Waals surface area contributed by atoms with E-state index >= 15 is 0 Å². The van der Waals surface area contributed by atoms with Gasteiger partial charge in [-0.1, -0.05) is 33.6 Å². The van der Waals surface area contributed by atoms with Crippen LogP contribution < -0.4 is 0 Å². The number of carbonyl (C=O) groups is 1. The summed E-state index contributed by atoms with van der Waals surface area (Å²) in [6.45, 7) is 10.4. The highest BCUT2D eigenvalue weighted by Crippen LogP contribution is 2.42. The summed E-state index contributed by atoms with van der Waals surface area (Å²) >= 11 is 0. The Kier molecular flexibility index (Phi) is 5.72. The molecule has 0 amide bonds. The van der Waals surface area contributed by atoms with E-state index in [0.717, 1.165) is 25.5 Å². The van der Waals surface area contributed by atoms with Crippen molar-refractivity contribution in [1.82, 2.24) is 0 Å². The van der Waals surface area contributed by atoms with E-state index in [-0.39, 0.29) is 10.8 Å². The van der Waals surface area contributed by atoms with Gasteiger partial charge >= 0.3 is 0 Å². The number of nitriles is 1. The van der Waals surface area contributed by atoms with Crippen molar-refractivity contribution in [2.24, 2.45) is 16.7 Å². The maximum atomic E-state index is 10.3. The molecule has 92 valence electrons. The summed E-state index contributed by atoms with van der Waals surface area (Å²) in [5.41, 5.74) is -0.260. The van der Waals surface area contributed by atoms with Crippen LogP contribution in [0.25, 0.3) is 0 Å². The Hall–Kier alpha value is -0.840. The SMILES string of the molecule is CC(CC=O)CCCC(C)(C)C(C)(C)C#N. The summed E-state index contributed by atoms with van der Waals surface area (Å²) in [6.07, 6.45) is 4.85. The Morgan fingerprint density at radius 3 is 2.31 bits per heavy atom. The molecule has 0 aromatic rings. The minimum Gasteiger partial charge on any atom is -0.303 e. The Balaban J connectivity index is 4.11. The fourth-order valence-electron chi connectivity index (χ4n) is 1.64. The predicted molar refractivity (Wildman–Crippen MR) is 66.9 cm³/mol.